The van der Waals surface area contributed by atoms with Gasteiger partial charge in [-0.15, -0.1) is 11.3 Å². The lowest BCUT2D eigenvalue weighted by atomic mass is 10.00. The summed E-state index contributed by atoms with van der Waals surface area (Å²) in [6.45, 7) is 8.72. The molecule has 2 heterocycles. The number of carbonyl (C=O) groups is 1. The summed E-state index contributed by atoms with van der Waals surface area (Å²) in [6.07, 6.45) is 3.84. The quantitative estimate of drug-likeness (QED) is 0.582. The number of aromatic hydroxyl groups is 1. The van der Waals surface area contributed by atoms with Crippen molar-refractivity contribution in [1.29, 1.82) is 0 Å². The van der Waals surface area contributed by atoms with E-state index >= 15 is 0 Å². The molecule has 142 valence electrons. The zero-order valence-corrected chi connectivity index (χ0v) is 16.7. The van der Waals surface area contributed by atoms with Gasteiger partial charge in [0.05, 0.1) is 12.7 Å². The third-order valence-electron chi connectivity index (χ3n) is 5.37. The molecule has 4 rings (SSSR count). The molecule has 0 spiro atoms. The third-order valence-corrected chi connectivity index (χ3v) is 6.66. The summed E-state index contributed by atoms with van der Waals surface area (Å²) in [7, 11) is 1.50. The number of thiophene rings is 1. The van der Waals surface area contributed by atoms with Crippen molar-refractivity contribution in [2.24, 2.45) is 5.92 Å². The number of ether oxygens (including phenoxy) is 1. The van der Waals surface area contributed by atoms with E-state index < -0.39 is 0 Å². The lowest BCUT2D eigenvalue weighted by Crippen LogP contribution is -2.31. The molecule has 2 aliphatic rings. The SMILES string of the molecule is C=C(C)C(=O)c1cc(-c2cc3c(s2)CCN(CC2CC2)C3)cc(OC)c1O. The number of nitrogens with zero attached hydrogens (tertiary/aromatic N) is 1. The van der Waals surface area contributed by atoms with Crippen LogP contribution in [0.3, 0.4) is 0 Å². The Morgan fingerprint density at radius 2 is 2.15 bits per heavy atom. The molecule has 0 radical (unpaired) electrons. The fourth-order valence-corrected chi connectivity index (χ4v) is 4.81. The highest BCUT2D eigenvalue weighted by atomic mass is 32.1. The van der Waals surface area contributed by atoms with Gasteiger partial charge in [-0.25, -0.2) is 0 Å². The van der Waals surface area contributed by atoms with Crippen LogP contribution in [0.4, 0.5) is 0 Å². The van der Waals surface area contributed by atoms with Gasteiger partial charge in [-0.3, -0.25) is 9.69 Å². The van der Waals surface area contributed by atoms with Crippen molar-refractivity contribution >= 4 is 17.1 Å². The smallest absolute Gasteiger partial charge is 0.192 e. The molecule has 1 aromatic carbocycles. The lowest BCUT2D eigenvalue weighted by Gasteiger charge is -2.26. The highest BCUT2D eigenvalue weighted by molar-refractivity contribution is 7.15. The highest BCUT2D eigenvalue weighted by Gasteiger charge is 2.27. The van der Waals surface area contributed by atoms with Crippen molar-refractivity contribution in [3.8, 4) is 21.9 Å². The summed E-state index contributed by atoms with van der Waals surface area (Å²) in [5.41, 5.74) is 2.94. The van der Waals surface area contributed by atoms with Crippen LogP contribution in [0.5, 0.6) is 11.5 Å². The summed E-state index contributed by atoms with van der Waals surface area (Å²) < 4.78 is 5.31. The van der Waals surface area contributed by atoms with Crippen LogP contribution in [-0.4, -0.2) is 36.0 Å². The number of hydrogen-bond acceptors (Lipinski definition) is 5. The van der Waals surface area contributed by atoms with E-state index in [1.807, 2.05) is 6.07 Å². The summed E-state index contributed by atoms with van der Waals surface area (Å²) in [5, 5.41) is 10.4. The van der Waals surface area contributed by atoms with Crippen molar-refractivity contribution in [1.82, 2.24) is 4.90 Å². The second-order valence-corrected chi connectivity index (χ2v) is 8.81. The first kappa shape index (κ1) is 18.3. The fourth-order valence-electron chi connectivity index (χ4n) is 3.66. The summed E-state index contributed by atoms with van der Waals surface area (Å²) in [6, 6.07) is 5.80. The Balaban J connectivity index is 1.67. The standard InChI is InChI=1S/C22H25NO3S/c1-13(2)21(24)17-8-15(9-18(26-3)22(17)25)20-10-16-12-23(11-14-4-5-14)7-6-19(16)27-20/h8-10,14,25H,1,4-7,11-12H2,2-3H3. The first-order valence-corrected chi connectivity index (χ1v) is 10.2. The van der Waals surface area contributed by atoms with Gasteiger partial charge in [-0.2, -0.15) is 0 Å². The van der Waals surface area contributed by atoms with E-state index in [9.17, 15) is 9.90 Å². The number of benzene rings is 1. The van der Waals surface area contributed by atoms with E-state index in [0.717, 1.165) is 35.9 Å². The number of ketones is 1. The largest absolute Gasteiger partial charge is 0.504 e. The van der Waals surface area contributed by atoms with Crippen LogP contribution in [0, 0.1) is 5.92 Å². The molecule has 1 fully saturated rings. The van der Waals surface area contributed by atoms with Crippen LogP contribution < -0.4 is 4.74 Å². The monoisotopic (exact) mass is 383 g/mol. The molecule has 2 aromatic rings. The Hall–Kier alpha value is -2.11. The van der Waals surface area contributed by atoms with E-state index in [1.54, 1.807) is 24.3 Å². The Kier molecular flexibility index (Phi) is 4.82. The van der Waals surface area contributed by atoms with Crippen molar-refractivity contribution in [3.63, 3.8) is 0 Å². The second kappa shape index (κ2) is 7.13. The lowest BCUT2D eigenvalue weighted by molar-refractivity contribution is 0.103. The molecule has 0 unspecified atom stereocenters. The van der Waals surface area contributed by atoms with Gasteiger partial charge in [0.1, 0.15) is 0 Å². The maximum atomic E-state index is 12.4. The average Bonchev–Trinajstić information content (AvgIpc) is 3.36. The van der Waals surface area contributed by atoms with Gasteiger partial charge in [0, 0.05) is 29.4 Å². The van der Waals surface area contributed by atoms with Gasteiger partial charge in [0.25, 0.3) is 0 Å². The summed E-state index contributed by atoms with van der Waals surface area (Å²) >= 11 is 1.78. The summed E-state index contributed by atoms with van der Waals surface area (Å²) in [5.74, 6) is 0.844. The zero-order chi connectivity index (χ0) is 19.1. The minimum absolute atomic E-state index is 0.119. The van der Waals surface area contributed by atoms with Crippen LogP contribution in [0.2, 0.25) is 0 Å². The third kappa shape index (κ3) is 3.66. The molecule has 1 N–H and O–H groups in total. The Bertz CT molecular complexity index is 911. The van der Waals surface area contributed by atoms with Crippen LogP contribution >= 0.6 is 11.3 Å². The Morgan fingerprint density at radius 1 is 1.37 bits per heavy atom. The predicted molar refractivity (Wildman–Crippen MR) is 109 cm³/mol. The van der Waals surface area contributed by atoms with Crippen molar-refractivity contribution in [3.05, 3.63) is 46.4 Å². The fraction of sp³-hybridized carbons (Fsp3) is 0.409. The van der Waals surface area contributed by atoms with Gasteiger partial charge in [0.15, 0.2) is 17.3 Å². The number of carbonyl (C=O) groups excluding carboxylic acids is 1. The Morgan fingerprint density at radius 3 is 2.81 bits per heavy atom. The minimum Gasteiger partial charge on any atom is -0.504 e. The number of Topliss-reactive ketones (excluding diaryl/α,β-unsaturated/α-hetero) is 1. The number of rotatable bonds is 6. The average molecular weight is 384 g/mol. The number of fused-ring (bicyclic) bond motifs is 1. The van der Waals surface area contributed by atoms with E-state index in [2.05, 4.69) is 17.5 Å². The van der Waals surface area contributed by atoms with Crippen molar-refractivity contribution < 1.29 is 14.6 Å². The molecular formula is C22H25NO3S. The van der Waals surface area contributed by atoms with Crippen LogP contribution in [0.1, 0.15) is 40.6 Å². The topological polar surface area (TPSA) is 49.8 Å². The van der Waals surface area contributed by atoms with E-state index in [-0.39, 0.29) is 17.1 Å². The molecule has 0 atom stereocenters. The van der Waals surface area contributed by atoms with Crippen LogP contribution in [0.15, 0.2) is 30.4 Å². The molecule has 1 saturated carbocycles. The van der Waals surface area contributed by atoms with Crippen molar-refractivity contribution in [2.75, 3.05) is 20.2 Å². The molecule has 0 amide bonds. The minimum atomic E-state index is -0.260. The van der Waals surface area contributed by atoms with Crippen LogP contribution in [-0.2, 0) is 13.0 Å². The van der Waals surface area contributed by atoms with Gasteiger partial charge in [-0.1, -0.05) is 6.58 Å². The van der Waals surface area contributed by atoms with Crippen molar-refractivity contribution in [2.45, 2.75) is 32.7 Å². The highest BCUT2D eigenvalue weighted by Crippen LogP contribution is 2.41. The van der Waals surface area contributed by atoms with Gasteiger partial charge in [-0.05, 0) is 67.0 Å². The van der Waals surface area contributed by atoms with Gasteiger partial charge < -0.3 is 9.84 Å². The van der Waals surface area contributed by atoms with E-state index in [0.29, 0.717) is 11.3 Å². The normalized spacial score (nSPS) is 16.8. The molecule has 27 heavy (non-hydrogen) atoms. The maximum absolute atomic E-state index is 12.4. The maximum Gasteiger partial charge on any atom is 0.192 e. The molecular weight excluding hydrogens is 358 g/mol. The molecule has 1 aliphatic heterocycles. The molecule has 5 heteroatoms. The molecule has 0 bridgehead atoms. The van der Waals surface area contributed by atoms with Gasteiger partial charge >= 0.3 is 0 Å². The number of hydrogen-bond donors (Lipinski definition) is 1. The van der Waals surface area contributed by atoms with Crippen LogP contribution in [0.25, 0.3) is 10.4 Å². The number of phenolic OH excluding ortho intramolecular Hbond substituents is 1. The molecule has 0 saturated heterocycles. The summed E-state index contributed by atoms with van der Waals surface area (Å²) in [4.78, 5) is 17.5. The molecule has 4 nitrogen and oxygen atoms in total. The molecule has 1 aromatic heterocycles. The van der Waals surface area contributed by atoms with Gasteiger partial charge in [0.2, 0.25) is 0 Å². The first-order valence-electron chi connectivity index (χ1n) is 9.41. The number of allylic oxidation sites excluding steroid dienone is 1. The number of phenols is 1. The first-order chi connectivity index (χ1) is 13.0. The second-order valence-electron chi connectivity index (χ2n) is 7.67. The Labute approximate surface area is 164 Å². The predicted octanol–water partition coefficient (Wildman–Crippen LogP) is 4.66. The van der Waals surface area contributed by atoms with E-state index in [1.165, 1.54) is 36.9 Å². The zero-order valence-electron chi connectivity index (χ0n) is 15.9. The van der Waals surface area contributed by atoms with E-state index in [4.69, 9.17) is 4.74 Å². The number of methoxy groups -OCH3 is 1. The molecule has 1 aliphatic carbocycles.